The molecule has 0 saturated heterocycles. The van der Waals surface area contributed by atoms with Crippen LogP contribution in [0.3, 0.4) is 0 Å². The van der Waals surface area contributed by atoms with Crippen LogP contribution in [0.4, 0.5) is 18.9 Å². The number of phenols is 1. The third-order valence-corrected chi connectivity index (χ3v) is 2.97. The number of carbonyl (C=O) groups excluding carboxylic acids is 2. The van der Waals surface area contributed by atoms with Gasteiger partial charge in [-0.2, -0.15) is 0 Å². The third kappa shape index (κ3) is 3.10. The molecule has 0 atom stereocenters. The van der Waals surface area contributed by atoms with E-state index in [0.717, 1.165) is 13.2 Å². The summed E-state index contributed by atoms with van der Waals surface area (Å²) in [5.74, 6) is -7.46. The smallest absolute Gasteiger partial charge is 0.341 e. The van der Waals surface area contributed by atoms with Crippen LogP contribution < -0.4 is 5.32 Å². The van der Waals surface area contributed by atoms with E-state index in [2.05, 4.69) is 10.1 Å². The molecule has 2 aromatic carbocycles. The number of phenolic OH excluding ortho intramolecular Hbond substituents is 1. The van der Waals surface area contributed by atoms with Crippen molar-refractivity contribution < 1.29 is 32.6 Å². The molecule has 2 rings (SSSR count). The van der Waals surface area contributed by atoms with Crippen LogP contribution in [0, 0.1) is 17.5 Å². The van der Waals surface area contributed by atoms with E-state index in [-0.39, 0.29) is 11.3 Å². The quantitative estimate of drug-likeness (QED) is 0.517. The summed E-state index contributed by atoms with van der Waals surface area (Å²) in [6, 6.07) is 5.16. The number of esters is 1. The molecule has 120 valence electrons. The fourth-order valence-electron chi connectivity index (χ4n) is 1.81. The van der Waals surface area contributed by atoms with Gasteiger partial charge in [-0.1, -0.05) is 6.07 Å². The van der Waals surface area contributed by atoms with E-state index in [1.54, 1.807) is 0 Å². The molecule has 2 aromatic rings. The monoisotopic (exact) mass is 325 g/mol. The molecule has 0 spiro atoms. The number of nitrogens with one attached hydrogen (secondary N) is 1. The molecule has 8 heteroatoms. The second-order valence-electron chi connectivity index (χ2n) is 4.37. The summed E-state index contributed by atoms with van der Waals surface area (Å²) in [6.07, 6.45) is 0. The molecule has 0 bridgehead atoms. The van der Waals surface area contributed by atoms with E-state index in [9.17, 15) is 27.9 Å². The molecule has 1 amide bonds. The number of ether oxygens (including phenoxy) is 1. The lowest BCUT2D eigenvalue weighted by molar-refractivity contribution is 0.0597. The number of carbonyl (C=O) groups is 2. The number of anilines is 1. The Bertz CT molecular complexity index is 793. The summed E-state index contributed by atoms with van der Waals surface area (Å²) in [5.41, 5.74) is -1.20. The van der Waals surface area contributed by atoms with Gasteiger partial charge in [0.2, 0.25) is 0 Å². The van der Waals surface area contributed by atoms with E-state index >= 15 is 0 Å². The van der Waals surface area contributed by atoms with Gasteiger partial charge >= 0.3 is 5.97 Å². The Labute approximate surface area is 128 Å². The van der Waals surface area contributed by atoms with Crippen LogP contribution >= 0.6 is 0 Å². The van der Waals surface area contributed by atoms with Gasteiger partial charge < -0.3 is 15.2 Å². The zero-order valence-corrected chi connectivity index (χ0v) is 11.7. The summed E-state index contributed by atoms with van der Waals surface area (Å²) in [7, 11) is 1.10. The van der Waals surface area contributed by atoms with Crippen molar-refractivity contribution >= 4 is 17.6 Å². The number of amides is 1. The van der Waals surface area contributed by atoms with Crippen LogP contribution in [-0.2, 0) is 4.74 Å². The van der Waals surface area contributed by atoms with Crippen LogP contribution in [0.5, 0.6) is 5.75 Å². The molecule has 0 unspecified atom stereocenters. The van der Waals surface area contributed by atoms with Gasteiger partial charge in [-0.3, -0.25) is 4.79 Å². The first-order valence-electron chi connectivity index (χ1n) is 6.22. The van der Waals surface area contributed by atoms with Gasteiger partial charge in [0.25, 0.3) is 5.91 Å². The van der Waals surface area contributed by atoms with E-state index in [1.165, 1.54) is 18.2 Å². The first-order chi connectivity index (χ1) is 10.9. The third-order valence-electron chi connectivity index (χ3n) is 2.97. The molecular formula is C15H10F3NO4. The second kappa shape index (κ2) is 6.39. The van der Waals surface area contributed by atoms with Crippen LogP contribution in [0.1, 0.15) is 20.7 Å². The molecule has 0 radical (unpaired) electrons. The molecule has 5 nitrogen and oxygen atoms in total. The SMILES string of the molecule is COC(=O)c1cccc(NC(=O)c2ccc(F)c(F)c2F)c1O. The highest BCUT2D eigenvalue weighted by molar-refractivity contribution is 6.06. The van der Waals surface area contributed by atoms with Crippen molar-refractivity contribution in [3.63, 3.8) is 0 Å². The van der Waals surface area contributed by atoms with Crippen LogP contribution in [-0.4, -0.2) is 24.1 Å². The molecule has 0 aromatic heterocycles. The Hall–Kier alpha value is -3.03. The molecule has 0 fully saturated rings. The van der Waals surface area contributed by atoms with Crippen LogP contribution in [0.25, 0.3) is 0 Å². The maximum atomic E-state index is 13.6. The molecule has 0 saturated carbocycles. The Morgan fingerprint density at radius 1 is 1.04 bits per heavy atom. The van der Waals surface area contributed by atoms with Gasteiger partial charge in [0.1, 0.15) is 5.56 Å². The van der Waals surface area contributed by atoms with Crippen molar-refractivity contribution in [1.29, 1.82) is 0 Å². The molecular weight excluding hydrogens is 315 g/mol. The van der Waals surface area contributed by atoms with Crippen molar-refractivity contribution in [3.05, 3.63) is 58.9 Å². The fourth-order valence-corrected chi connectivity index (χ4v) is 1.81. The first kappa shape index (κ1) is 16.3. The minimum Gasteiger partial charge on any atom is -0.505 e. The molecule has 23 heavy (non-hydrogen) atoms. The number of methoxy groups -OCH3 is 1. The van der Waals surface area contributed by atoms with Crippen LogP contribution in [0.2, 0.25) is 0 Å². The maximum Gasteiger partial charge on any atom is 0.341 e. The average Bonchev–Trinajstić information content (AvgIpc) is 2.54. The van der Waals surface area contributed by atoms with Gasteiger partial charge in [0.15, 0.2) is 23.2 Å². The lowest BCUT2D eigenvalue weighted by Gasteiger charge is -2.10. The number of halogens is 3. The number of para-hydroxylation sites is 1. The van der Waals surface area contributed by atoms with Gasteiger partial charge in [-0.05, 0) is 24.3 Å². The largest absolute Gasteiger partial charge is 0.505 e. The summed E-state index contributed by atoms with van der Waals surface area (Å²) >= 11 is 0. The van der Waals surface area contributed by atoms with E-state index in [0.29, 0.717) is 6.07 Å². The first-order valence-corrected chi connectivity index (χ1v) is 6.22. The van der Waals surface area contributed by atoms with Crippen molar-refractivity contribution in [3.8, 4) is 5.75 Å². The summed E-state index contributed by atoms with van der Waals surface area (Å²) in [6.45, 7) is 0. The predicted molar refractivity (Wildman–Crippen MR) is 73.7 cm³/mol. The van der Waals surface area contributed by atoms with Gasteiger partial charge in [0.05, 0.1) is 18.4 Å². The van der Waals surface area contributed by atoms with Gasteiger partial charge in [-0.25, -0.2) is 18.0 Å². The van der Waals surface area contributed by atoms with Crippen molar-refractivity contribution in [2.24, 2.45) is 0 Å². The Balaban J connectivity index is 2.35. The normalized spacial score (nSPS) is 10.3. The molecule has 0 aliphatic heterocycles. The van der Waals surface area contributed by atoms with E-state index < -0.39 is 40.6 Å². The Kier molecular flexibility index (Phi) is 4.54. The molecule has 0 aliphatic rings. The highest BCUT2D eigenvalue weighted by Gasteiger charge is 2.21. The molecule has 0 heterocycles. The predicted octanol–water partition coefficient (Wildman–Crippen LogP) is 2.85. The highest BCUT2D eigenvalue weighted by atomic mass is 19.2. The highest BCUT2D eigenvalue weighted by Crippen LogP contribution is 2.28. The topological polar surface area (TPSA) is 75.6 Å². The summed E-state index contributed by atoms with van der Waals surface area (Å²) in [5, 5.41) is 12.0. The van der Waals surface area contributed by atoms with Crippen LogP contribution in [0.15, 0.2) is 30.3 Å². The fraction of sp³-hybridized carbons (Fsp3) is 0.0667. The maximum absolute atomic E-state index is 13.6. The number of benzene rings is 2. The number of hydrogen-bond acceptors (Lipinski definition) is 4. The Morgan fingerprint density at radius 2 is 1.74 bits per heavy atom. The number of aromatic hydroxyl groups is 1. The number of hydrogen-bond donors (Lipinski definition) is 2. The van der Waals surface area contributed by atoms with E-state index in [4.69, 9.17) is 0 Å². The summed E-state index contributed by atoms with van der Waals surface area (Å²) in [4.78, 5) is 23.4. The Morgan fingerprint density at radius 3 is 2.39 bits per heavy atom. The van der Waals surface area contributed by atoms with Gasteiger partial charge in [0, 0.05) is 0 Å². The molecule has 2 N–H and O–H groups in total. The number of rotatable bonds is 3. The average molecular weight is 325 g/mol. The van der Waals surface area contributed by atoms with Crippen molar-refractivity contribution in [2.75, 3.05) is 12.4 Å². The molecule has 0 aliphatic carbocycles. The van der Waals surface area contributed by atoms with E-state index in [1.807, 2.05) is 0 Å². The lowest BCUT2D eigenvalue weighted by Crippen LogP contribution is -2.16. The zero-order chi connectivity index (χ0) is 17.1. The minimum atomic E-state index is -1.79. The van der Waals surface area contributed by atoms with Crippen molar-refractivity contribution in [2.45, 2.75) is 0 Å². The second-order valence-corrected chi connectivity index (χ2v) is 4.37. The zero-order valence-electron chi connectivity index (χ0n) is 11.7. The minimum absolute atomic E-state index is 0.220. The standard InChI is InChI=1S/C15H10F3NO4/c1-23-15(22)8-3-2-4-10(13(8)20)19-14(21)7-5-6-9(16)12(18)11(7)17/h2-6,20H,1H3,(H,19,21). The summed E-state index contributed by atoms with van der Waals surface area (Å²) < 4.78 is 44.0. The lowest BCUT2D eigenvalue weighted by atomic mass is 10.1. The van der Waals surface area contributed by atoms with Gasteiger partial charge in [-0.15, -0.1) is 0 Å². The van der Waals surface area contributed by atoms with Crippen molar-refractivity contribution in [1.82, 2.24) is 0 Å².